The van der Waals surface area contributed by atoms with Gasteiger partial charge in [0.05, 0.1) is 22.1 Å². The molecule has 4 aromatic carbocycles. The van der Waals surface area contributed by atoms with Crippen molar-refractivity contribution in [3.05, 3.63) is 146 Å². The summed E-state index contributed by atoms with van der Waals surface area (Å²) in [6.45, 7) is 7.92. The summed E-state index contributed by atoms with van der Waals surface area (Å²) in [5, 5.41) is 4.79. The Bertz CT molecular complexity index is 2200. The zero-order chi connectivity index (χ0) is 28.2. The molecular formula is C38H26N4. The molecule has 0 amide bonds. The molecule has 0 atom stereocenters. The number of aromatic nitrogens is 4. The summed E-state index contributed by atoms with van der Waals surface area (Å²) in [6, 6.07) is 38.2. The molecule has 8 rings (SSSR count). The quantitative estimate of drug-likeness (QED) is 0.219. The van der Waals surface area contributed by atoms with Gasteiger partial charge in [-0.25, -0.2) is 9.97 Å². The van der Waals surface area contributed by atoms with Crippen molar-refractivity contribution in [1.82, 2.24) is 19.1 Å². The fourth-order valence-corrected chi connectivity index (χ4v) is 6.11. The van der Waals surface area contributed by atoms with Crippen molar-refractivity contribution >= 4 is 55.8 Å². The SMILES string of the molecule is C=Cc1ccc2c(c1)c1cc(C=C)ccc1n2-c1ccc(-c2ccc(-n3c4ccccc4c4ccccc43)nc2)cn1. The summed E-state index contributed by atoms with van der Waals surface area (Å²) >= 11 is 0. The Morgan fingerprint density at radius 3 is 1.29 bits per heavy atom. The van der Waals surface area contributed by atoms with E-state index in [1.54, 1.807) is 0 Å². The molecule has 0 N–H and O–H groups in total. The van der Waals surface area contributed by atoms with Crippen LogP contribution in [0.4, 0.5) is 0 Å². The van der Waals surface area contributed by atoms with Crippen molar-refractivity contribution in [1.29, 1.82) is 0 Å². The lowest BCUT2D eigenvalue weighted by Gasteiger charge is -2.10. The zero-order valence-electron chi connectivity index (χ0n) is 22.9. The van der Waals surface area contributed by atoms with Crippen molar-refractivity contribution in [3.8, 4) is 22.8 Å². The van der Waals surface area contributed by atoms with Crippen LogP contribution in [0.1, 0.15) is 11.1 Å². The van der Waals surface area contributed by atoms with Gasteiger partial charge in [0.15, 0.2) is 0 Å². The van der Waals surface area contributed by atoms with Crippen molar-refractivity contribution in [2.24, 2.45) is 0 Å². The fourth-order valence-electron chi connectivity index (χ4n) is 6.11. The second kappa shape index (κ2) is 9.43. The highest BCUT2D eigenvalue weighted by Gasteiger charge is 2.15. The van der Waals surface area contributed by atoms with Gasteiger partial charge in [-0.05, 0) is 71.8 Å². The van der Waals surface area contributed by atoms with E-state index in [9.17, 15) is 0 Å². The van der Waals surface area contributed by atoms with E-state index >= 15 is 0 Å². The predicted molar refractivity (Wildman–Crippen MR) is 176 cm³/mol. The highest BCUT2D eigenvalue weighted by molar-refractivity contribution is 6.10. The molecular weight excluding hydrogens is 512 g/mol. The minimum Gasteiger partial charge on any atom is -0.294 e. The van der Waals surface area contributed by atoms with Crippen LogP contribution in [0.15, 0.2) is 135 Å². The standard InChI is InChI=1S/C38H26N4/c1-3-25-13-17-35-31(21-25)32-22-26(4-2)14-18-36(32)42(35)38-20-16-28(24-40-38)27-15-19-37(39-23-27)41-33-11-7-5-9-29(33)30-10-6-8-12-34(30)41/h3-24H,1-2H2. The lowest BCUT2D eigenvalue weighted by molar-refractivity contribution is 1.07. The lowest BCUT2D eigenvalue weighted by Crippen LogP contribution is -1.98. The van der Waals surface area contributed by atoms with Gasteiger partial charge in [0.1, 0.15) is 11.6 Å². The van der Waals surface area contributed by atoms with Crippen LogP contribution in [0.2, 0.25) is 0 Å². The molecule has 0 aliphatic carbocycles. The maximum Gasteiger partial charge on any atom is 0.137 e. The molecule has 8 aromatic rings. The molecule has 0 bridgehead atoms. The second-order valence-corrected chi connectivity index (χ2v) is 10.5. The highest BCUT2D eigenvalue weighted by atomic mass is 15.1. The maximum absolute atomic E-state index is 4.93. The Labute approximate surface area is 243 Å². The first-order valence-electron chi connectivity index (χ1n) is 14.0. The van der Waals surface area contributed by atoms with Crippen LogP contribution >= 0.6 is 0 Å². The molecule has 0 saturated heterocycles. The van der Waals surface area contributed by atoms with Gasteiger partial charge < -0.3 is 0 Å². The van der Waals surface area contributed by atoms with Crippen LogP contribution in [0.25, 0.3) is 78.5 Å². The van der Waals surface area contributed by atoms with Crippen LogP contribution in [0.5, 0.6) is 0 Å². The third-order valence-electron chi connectivity index (χ3n) is 8.15. The first-order chi connectivity index (χ1) is 20.7. The normalized spacial score (nSPS) is 11.5. The van der Waals surface area contributed by atoms with E-state index in [1.165, 1.54) is 21.5 Å². The van der Waals surface area contributed by atoms with Crippen LogP contribution < -0.4 is 0 Å². The minimum atomic E-state index is 0.867. The molecule has 0 radical (unpaired) electrons. The van der Waals surface area contributed by atoms with Crippen LogP contribution in [0, 0.1) is 0 Å². The van der Waals surface area contributed by atoms with Crippen LogP contribution in [0.3, 0.4) is 0 Å². The van der Waals surface area contributed by atoms with E-state index < -0.39 is 0 Å². The topological polar surface area (TPSA) is 35.6 Å². The van der Waals surface area contributed by atoms with E-state index in [1.807, 2.05) is 24.5 Å². The molecule has 0 aliphatic heterocycles. The third kappa shape index (κ3) is 3.62. The van der Waals surface area contributed by atoms with E-state index in [0.717, 1.165) is 56.0 Å². The van der Waals surface area contributed by atoms with Gasteiger partial charge in [0, 0.05) is 45.1 Å². The molecule has 0 unspecified atom stereocenters. The van der Waals surface area contributed by atoms with Crippen LogP contribution in [-0.4, -0.2) is 19.1 Å². The Kier molecular flexibility index (Phi) is 5.41. The van der Waals surface area contributed by atoms with E-state index in [2.05, 4.69) is 131 Å². The Morgan fingerprint density at radius 2 is 0.881 bits per heavy atom. The molecule has 0 saturated carbocycles. The number of hydrogen-bond acceptors (Lipinski definition) is 2. The summed E-state index contributed by atoms with van der Waals surface area (Å²) in [4.78, 5) is 9.83. The summed E-state index contributed by atoms with van der Waals surface area (Å²) in [6.07, 6.45) is 7.63. The number of fused-ring (bicyclic) bond motifs is 6. The molecule has 4 aromatic heterocycles. The average molecular weight is 539 g/mol. The lowest BCUT2D eigenvalue weighted by atomic mass is 10.1. The number of rotatable bonds is 5. The first-order valence-corrected chi connectivity index (χ1v) is 14.0. The summed E-state index contributed by atoms with van der Waals surface area (Å²) in [5.41, 5.74) is 8.73. The summed E-state index contributed by atoms with van der Waals surface area (Å²) in [5.74, 6) is 1.76. The van der Waals surface area contributed by atoms with Gasteiger partial charge >= 0.3 is 0 Å². The van der Waals surface area contributed by atoms with Crippen LogP contribution in [-0.2, 0) is 0 Å². The zero-order valence-corrected chi connectivity index (χ0v) is 22.9. The number of pyridine rings is 2. The van der Waals surface area contributed by atoms with Gasteiger partial charge in [-0.2, -0.15) is 0 Å². The minimum absolute atomic E-state index is 0.867. The Hall–Kier alpha value is -5.74. The predicted octanol–water partition coefficient (Wildman–Crippen LogP) is 9.62. The van der Waals surface area contributed by atoms with Crippen molar-refractivity contribution in [2.45, 2.75) is 0 Å². The largest absolute Gasteiger partial charge is 0.294 e. The molecule has 42 heavy (non-hydrogen) atoms. The van der Waals surface area contributed by atoms with E-state index in [0.29, 0.717) is 0 Å². The molecule has 198 valence electrons. The van der Waals surface area contributed by atoms with E-state index in [-0.39, 0.29) is 0 Å². The molecule has 4 nitrogen and oxygen atoms in total. The second-order valence-electron chi connectivity index (χ2n) is 10.5. The maximum atomic E-state index is 4.93. The van der Waals surface area contributed by atoms with Gasteiger partial charge in [0.2, 0.25) is 0 Å². The van der Waals surface area contributed by atoms with Crippen molar-refractivity contribution in [3.63, 3.8) is 0 Å². The first kappa shape index (κ1) is 24.1. The van der Waals surface area contributed by atoms with Gasteiger partial charge in [-0.3, -0.25) is 9.13 Å². The Balaban J connectivity index is 1.20. The van der Waals surface area contributed by atoms with Gasteiger partial charge in [-0.15, -0.1) is 0 Å². The summed E-state index contributed by atoms with van der Waals surface area (Å²) in [7, 11) is 0. The number of hydrogen-bond donors (Lipinski definition) is 0. The monoisotopic (exact) mass is 538 g/mol. The highest BCUT2D eigenvalue weighted by Crippen LogP contribution is 2.34. The number of benzene rings is 4. The Morgan fingerprint density at radius 1 is 0.452 bits per heavy atom. The van der Waals surface area contributed by atoms with Crippen molar-refractivity contribution in [2.75, 3.05) is 0 Å². The smallest absolute Gasteiger partial charge is 0.137 e. The van der Waals surface area contributed by atoms with Crippen molar-refractivity contribution < 1.29 is 0 Å². The fraction of sp³-hybridized carbons (Fsp3) is 0. The average Bonchev–Trinajstić information content (AvgIpc) is 3.57. The summed E-state index contributed by atoms with van der Waals surface area (Å²) < 4.78 is 4.45. The molecule has 0 fully saturated rings. The van der Waals surface area contributed by atoms with Gasteiger partial charge in [0.25, 0.3) is 0 Å². The number of para-hydroxylation sites is 2. The molecule has 4 heteroatoms. The molecule has 0 aliphatic rings. The van der Waals surface area contributed by atoms with Gasteiger partial charge in [-0.1, -0.05) is 73.8 Å². The number of nitrogens with zero attached hydrogens (tertiary/aromatic N) is 4. The molecule has 4 heterocycles. The third-order valence-corrected chi connectivity index (χ3v) is 8.15. The molecule has 0 spiro atoms. The van der Waals surface area contributed by atoms with E-state index in [4.69, 9.17) is 9.97 Å².